The van der Waals surface area contributed by atoms with E-state index in [-0.39, 0.29) is 32.9 Å². The van der Waals surface area contributed by atoms with Crippen molar-refractivity contribution in [3.05, 3.63) is 97.0 Å². The Hall–Kier alpha value is -4.95. The van der Waals surface area contributed by atoms with Crippen LogP contribution in [0, 0.1) is 10.1 Å². The van der Waals surface area contributed by atoms with Gasteiger partial charge >= 0.3 is 23.9 Å². The van der Waals surface area contributed by atoms with E-state index in [1.807, 2.05) is 5.32 Å². The number of benzene rings is 3. The maximum Gasteiger partial charge on any atom is 0.416 e. The summed E-state index contributed by atoms with van der Waals surface area (Å²) in [6.45, 7) is 0. The first-order chi connectivity index (χ1) is 19.7. The van der Waals surface area contributed by atoms with E-state index in [4.69, 9.17) is 27.9 Å². The molecule has 4 amide bonds. The topological polar surface area (TPSA) is 145 Å². The van der Waals surface area contributed by atoms with Gasteiger partial charge in [0.2, 0.25) is 5.75 Å². The fourth-order valence-corrected chi connectivity index (χ4v) is 4.29. The van der Waals surface area contributed by atoms with Crippen LogP contribution in [0.1, 0.15) is 21.5 Å². The number of amides is 4. The van der Waals surface area contributed by atoms with E-state index in [1.165, 1.54) is 24.3 Å². The summed E-state index contributed by atoms with van der Waals surface area (Å²) in [7, 11) is 1.16. The van der Waals surface area contributed by atoms with E-state index in [1.54, 1.807) is 0 Å². The van der Waals surface area contributed by atoms with Gasteiger partial charge in [-0.1, -0.05) is 23.2 Å². The monoisotopic (exact) mass is 623 g/mol. The third-order valence-electron chi connectivity index (χ3n) is 5.68. The van der Waals surface area contributed by atoms with Crippen LogP contribution in [0.3, 0.4) is 0 Å². The molecule has 0 saturated carbocycles. The lowest BCUT2D eigenvalue weighted by molar-refractivity contribution is -0.385. The second-order valence-corrected chi connectivity index (χ2v) is 9.19. The van der Waals surface area contributed by atoms with E-state index in [9.17, 15) is 42.5 Å². The molecule has 3 aromatic carbocycles. The number of imide groups is 2. The molecule has 0 spiro atoms. The molecular formula is C26H14Cl2F3N3O8. The van der Waals surface area contributed by atoms with Crippen LogP contribution >= 0.6 is 23.2 Å². The number of anilines is 1. The summed E-state index contributed by atoms with van der Waals surface area (Å²) in [6.07, 6.45) is -3.95. The minimum atomic E-state index is -4.88. The third-order valence-corrected chi connectivity index (χ3v) is 6.18. The number of carbonyl (C=O) groups excluding carboxylic acids is 4. The van der Waals surface area contributed by atoms with Gasteiger partial charge in [-0.25, -0.2) is 14.5 Å². The van der Waals surface area contributed by atoms with Gasteiger partial charge in [0, 0.05) is 16.7 Å². The Morgan fingerprint density at radius 3 is 2.31 bits per heavy atom. The summed E-state index contributed by atoms with van der Waals surface area (Å²) in [5, 5.41) is 13.2. The normalized spacial score (nSPS) is 14.6. The summed E-state index contributed by atoms with van der Waals surface area (Å²) in [6, 6.07) is 7.81. The van der Waals surface area contributed by atoms with Crippen molar-refractivity contribution in [2.45, 2.75) is 6.18 Å². The molecule has 0 aliphatic carbocycles. The number of nitrogens with zero attached hydrogens (tertiary/aromatic N) is 2. The van der Waals surface area contributed by atoms with E-state index >= 15 is 0 Å². The van der Waals surface area contributed by atoms with Crippen molar-refractivity contribution in [3.8, 4) is 11.5 Å². The molecule has 4 rings (SSSR count). The number of nitrogens with one attached hydrogen (secondary N) is 1. The molecule has 1 N–H and O–H groups in total. The molecule has 1 fully saturated rings. The van der Waals surface area contributed by atoms with Crippen LogP contribution in [0.25, 0.3) is 6.08 Å². The number of rotatable bonds is 6. The molecule has 1 saturated heterocycles. The standard InChI is InChI=1S/C26H14Cl2F3N3O8/c1-41-24(37)12-2-5-16(6-3-12)33-23(36)17(22(35)32-25(33)38)9-13-8-15(27)11-18(28)21(13)42-20-7-4-14(26(29,30)31)10-19(20)34(39)40/h2-11H,1H3,(H,32,35,38)/b17-9+. The molecule has 0 aromatic heterocycles. The summed E-state index contributed by atoms with van der Waals surface area (Å²) >= 11 is 12.3. The van der Waals surface area contributed by atoms with Crippen LogP contribution < -0.4 is 15.0 Å². The highest BCUT2D eigenvalue weighted by atomic mass is 35.5. The van der Waals surface area contributed by atoms with Crippen LogP contribution in [-0.2, 0) is 20.5 Å². The van der Waals surface area contributed by atoms with Gasteiger partial charge in [0.15, 0.2) is 5.75 Å². The van der Waals surface area contributed by atoms with Gasteiger partial charge in [-0.05, 0) is 54.6 Å². The lowest BCUT2D eigenvalue weighted by atomic mass is 10.1. The molecule has 11 nitrogen and oxygen atoms in total. The molecule has 3 aromatic rings. The first-order valence-corrected chi connectivity index (χ1v) is 12.1. The number of hydrogen-bond acceptors (Lipinski definition) is 8. The number of nitro benzene ring substituents is 1. The number of urea groups is 1. The summed E-state index contributed by atoms with van der Waals surface area (Å²) in [5.74, 6) is -3.96. The van der Waals surface area contributed by atoms with Crippen LogP contribution in [-0.4, -0.2) is 35.8 Å². The fraction of sp³-hybridized carbons (Fsp3) is 0.0769. The van der Waals surface area contributed by atoms with Crippen molar-refractivity contribution < 1.29 is 46.7 Å². The number of carbonyl (C=O) groups is 4. The number of methoxy groups -OCH3 is 1. The Morgan fingerprint density at radius 1 is 1.05 bits per heavy atom. The van der Waals surface area contributed by atoms with Gasteiger partial charge in [0.1, 0.15) is 5.57 Å². The molecule has 0 bridgehead atoms. The maximum atomic E-state index is 13.3. The summed E-state index contributed by atoms with van der Waals surface area (Å²) < 4.78 is 49.5. The molecule has 1 aliphatic heterocycles. The Bertz CT molecular complexity index is 1690. The minimum absolute atomic E-state index is 0.0236. The van der Waals surface area contributed by atoms with E-state index in [2.05, 4.69) is 4.74 Å². The number of barbiturate groups is 1. The van der Waals surface area contributed by atoms with Gasteiger partial charge in [0.05, 0.1) is 33.9 Å². The van der Waals surface area contributed by atoms with Gasteiger partial charge < -0.3 is 9.47 Å². The molecule has 0 radical (unpaired) electrons. The van der Waals surface area contributed by atoms with Crippen molar-refractivity contribution in [2.75, 3.05) is 12.0 Å². The van der Waals surface area contributed by atoms with Crippen LogP contribution in [0.5, 0.6) is 11.5 Å². The fourth-order valence-electron chi connectivity index (χ4n) is 3.74. The SMILES string of the molecule is COC(=O)c1ccc(N2C(=O)NC(=O)/C(=C\c3cc(Cl)cc(Cl)c3Oc3ccc(C(F)(F)F)cc3[N+](=O)[O-])C2=O)cc1. The lowest BCUT2D eigenvalue weighted by Crippen LogP contribution is -2.54. The Labute approximate surface area is 243 Å². The molecular weight excluding hydrogens is 610 g/mol. The number of esters is 1. The zero-order valence-electron chi connectivity index (χ0n) is 20.8. The second-order valence-electron chi connectivity index (χ2n) is 8.34. The van der Waals surface area contributed by atoms with Crippen molar-refractivity contribution in [2.24, 2.45) is 0 Å². The van der Waals surface area contributed by atoms with Crippen LogP contribution in [0.2, 0.25) is 10.0 Å². The molecule has 0 atom stereocenters. The Kier molecular flexibility index (Phi) is 8.22. The quantitative estimate of drug-likeness (QED) is 0.113. The number of alkyl halides is 3. The van der Waals surface area contributed by atoms with Crippen molar-refractivity contribution in [1.29, 1.82) is 0 Å². The second kappa shape index (κ2) is 11.5. The van der Waals surface area contributed by atoms with Gasteiger partial charge in [-0.15, -0.1) is 0 Å². The highest BCUT2D eigenvalue weighted by Crippen LogP contribution is 2.42. The van der Waals surface area contributed by atoms with Crippen LogP contribution in [0.15, 0.2) is 60.2 Å². The van der Waals surface area contributed by atoms with Crippen LogP contribution in [0.4, 0.5) is 29.3 Å². The van der Waals surface area contributed by atoms with Gasteiger partial charge in [-0.3, -0.25) is 25.0 Å². The largest absolute Gasteiger partial charge is 0.465 e. The average molecular weight is 624 g/mol. The Balaban J connectivity index is 1.78. The van der Waals surface area contributed by atoms with Gasteiger partial charge in [0.25, 0.3) is 11.8 Å². The number of hydrogen-bond donors (Lipinski definition) is 1. The third kappa shape index (κ3) is 6.04. The van der Waals surface area contributed by atoms with Gasteiger partial charge in [-0.2, -0.15) is 13.2 Å². The predicted octanol–water partition coefficient (Wildman–Crippen LogP) is 6.17. The molecule has 216 valence electrons. The highest BCUT2D eigenvalue weighted by molar-refractivity contribution is 6.40. The highest BCUT2D eigenvalue weighted by Gasteiger charge is 2.38. The molecule has 1 aliphatic rings. The van der Waals surface area contributed by atoms with E-state index in [0.717, 1.165) is 25.3 Å². The molecule has 0 unspecified atom stereocenters. The lowest BCUT2D eigenvalue weighted by Gasteiger charge is -2.26. The summed E-state index contributed by atoms with van der Waals surface area (Å²) in [4.78, 5) is 61.3. The van der Waals surface area contributed by atoms with Crippen molar-refractivity contribution in [3.63, 3.8) is 0 Å². The zero-order chi connectivity index (χ0) is 30.9. The molecule has 1 heterocycles. The first-order valence-electron chi connectivity index (χ1n) is 11.3. The smallest absolute Gasteiger partial charge is 0.416 e. The zero-order valence-corrected chi connectivity index (χ0v) is 22.3. The average Bonchev–Trinajstić information content (AvgIpc) is 2.92. The molecule has 42 heavy (non-hydrogen) atoms. The number of nitro groups is 1. The number of ether oxygens (including phenoxy) is 2. The first kappa shape index (κ1) is 30.0. The van der Waals surface area contributed by atoms with Crippen molar-refractivity contribution >= 4 is 64.5 Å². The Morgan fingerprint density at radius 2 is 1.71 bits per heavy atom. The van der Waals surface area contributed by atoms with E-state index < -0.39 is 63.2 Å². The molecule has 16 heteroatoms. The minimum Gasteiger partial charge on any atom is -0.465 e. The van der Waals surface area contributed by atoms with Crippen molar-refractivity contribution in [1.82, 2.24) is 5.32 Å². The van der Waals surface area contributed by atoms with E-state index in [0.29, 0.717) is 17.0 Å². The maximum absolute atomic E-state index is 13.3. The number of halogens is 5. The predicted molar refractivity (Wildman–Crippen MR) is 141 cm³/mol. The summed E-state index contributed by atoms with van der Waals surface area (Å²) in [5.41, 5.74) is -3.07.